The second-order valence-corrected chi connectivity index (χ2v) is 6.00. The highest BCUT2D eigenvalue weighted by Crippen LogP contribution is 2.29. The van der Waals surface area contributed by atoms with Crippen LogP contribution in [0.25, 0.3) is 10.9 Å². The van der Waals surface area contributed by atoms with E-state index in [1.807, 2.05) is 49.5 Å². The predicted octanol–water partition coefficient (Wildman–Crippen LogP) is 3.82. The maximum atomic E-state index is 10.2. The lowest BCUT2D eigenvalue weighted by Crippen LogP contribution is -2.36. The maximum Gasteiger partial charge on any atom is 0.191 e. The fraction of sp³-hybridized carbons (Fsp3) is 0.238. The van der Waals surface area contributed by atoms with Gasteiger partial charge in [0.1, 0.15) is 0 Å². The zero-order valence-corrected chi connectivity index (χ0v) is 18.3. The van der Waals surface area contributed by atoms with Crippen LogP contribution in [0.1, 0.15) is 18.1 Å². The topological polar surface area (TPSA) is 78.8 Å². The molecule has 0 aliphatic rings. The minimum Gasteiger partial charge on any atom is -0.504 e. The highest BCUT2D eigenvalue weighted by molar-refractivity contribution is 14.0. The Labute approximate surface area is 182 Å². The Hall–Kier alpha value is -2.55. The molecule has 0 aliphatic heterocycles. The van der Waals surface area contributed by atoms with Gasteiger partial charge in [-0.15, -0.1) is 24.0 Å². The molecule has 2 aromatic carbocycles. The third kappa shape index (κ3) is 5.25. The smallest absolute Gasteiger partial charge is 0.191 e. The highest BCUT2D eigenvalue weighted by Gasteiger charge is 2.08. The van der Waals surface area contributed by atoms with E-state index in [0.717, 1.165) is 23.0 Å². The quantitative estimate of drug-likeness (QED) is 0.277. The number of aromatic hydroxyl groups is 1. The monoisotopic (exact) mass is 492 g/mol. The molecule has 1 aromatic heterocycles. The summed E-state index contributed by atoms with van der Waals surface area (Å²) in [5.74, 6) is 1.25. The van der Waals surface area contributed by atoms with Gasteiger partial charge in [0.05, 0.1) is 19.2 Å². The summed E-state index contributed by atoms with van der Waals surface area (Å²) in [7, 11) is 1.53. The molecule has 3 N–H and O–H groups in total. The molecule has 0 amide bonds. The number of guanidine groups is 1. The average Bonchev–Trinajstić information content (AvgIpc) is 2.71. The molecule has 7 heteroatoms. The number of hydrogen-bond acceptors (Lipinski definition) is 4. The molecule has 0 unspecified atom stereocenters. The number of para-hydroxylation sites is 2. The Balaban J connectivity index is 0.00000280. The number of nitrogens with zero attached hydrogens (tertiary/aromatic N) is 2. The number of ether oxygens (including phenoxy) is 1. The summed E-state index contributed by atoms with van der Waals surface area (Å²) in [5.41, 5.74) is 2.83. The zero-order chi connectivity index (χ0) is 19.1. The molecule has 0 fully saturated rings. The van der Waals surface area contributed by atoms with E-state index in [2.05, 4.69) is 26.7 Å². The first-order chi connectivity index (χ1) is 13.2. The summed E-state index contributed by atoms with van der Waals surface area (Å²) in [4.78, 5) is 8.97. The molecule has 1 heterocycles. The number of halogens is 1. The second-order valence-electron chi connectivity index (χ2n) is 6.00. The lowest BCUT2D eigenvalue weighted by atomic mass is 10.1. The van der Waals surface area contributed by atoms with Crippen molar-refractivity contribution < 1.29 is 9.84 Å². The summed E-state index contributed by atoms with van der Waals surface area (Å²) >= 11 is 0. The Morgan fingerprint density at radius 2 is 1.89 bits per heavy atom. The van der Waals surface area contributed by atoms with Gasteiger partial charge in [-0.1, -0.05) is 30.3 Å². The number of aliphatic imine (C=N–C) groups is 1. The van der Waals surface area contributed by atoms with Crippen molar-refractivity contribution in [2.45, 2.75) is 20.0 Å². The van der Waals surface area contributed by atoms with Gasteiger partial charge in [0.25, 0.3) is 0 Å². The van der Waals surface area contributed by atoms with Crippen LogP contribution in [0.4, 0.5) is 0 Å². The Morgan fingerprint density at radius 3 is 2.68 bits per heavy atom. The van der Waals surface area contributed by atoms with E-state index >= 15 is 0 Å². The van der Waals surface area contributed by atoms with Gasteiger partial charge < -0.3 is 20.5 Å². The van der Waals surface area contributed by atoms with Crippen molar-refractivity contribution in [3.63, 3.8) is 0 Å². The first-order valence-electron chi connectivity index (χ1n) is 8.92. The number of benzene rings is 2. The number of nitrogens with one attached hydrogen (secondary N) is 2. The number of fused-ring (bicyclic) bond motifs is 1. The minimum atomic E-state index is 0. The maximum absolute atomic E-state index is 10.2. The lowest BCUT2D eigenvalue weighted by molar-refractivity contribution is 0.370. The van der Waals surface area contributed by atoms with Crippen LogP contribution in [0.15, 0.2) is 59.7 Å². The molecule has 0 radical (unpaired) electrons. The molecule has 148 valence electrons. The lowest BCUT2D eigenvalue weighted by Gasteiger charge is -2.13. The van der Waals surface area contributed by atoms with Crippen LogP contribution in [-0.4, -0.2) is 29.7 Å². The number of pyridine rings is 1. The molecule has 3 rings (SSSR count). The number of aromatic nitrogens is 1. The average molecular weight is 492 g/mol. The number of phenolic OH excluding ortho intramolecular Hbond substituents is 1. The fourth-order valence-corrected chi connectivity index (χ4v) is 2.85. The van der Waals surface area contributed by atoms with Crippen molar-refractivity contribution >= 4 is 40.8 Å². The Morgan fingerprint density at radius 1 is 1.07 bits per heavy atom. The molecule has 0 atom stereocenters. The molecule has 0 saturated carbocycles. The molecular formula is C21H25IN4O2. The molecule has 0 saturated heterocycles. The Bertz CT molecular complexity index is 941. The van der Waals surface area contributed by atoms with E-state index in [9.17, 15) is 5.11 Å². The van der Waals surface area contributed by atoms with Crippen molar-refractivity contribution in [3.05, 3.63) is 65.9 Å². The van der Waals surface area contributed by atoms with Crippen LogP contribution in [0.3, 0.4) is 0 Å². The third-order valence-electron chi connectivity index (χ3n) is 4.24. The van der Waals surface area contributed by atoms with Gasteiger partial charge in [-0.25, -0.2) is 4.99 Å². The SMILES string of the molecule is CCNC(=NCc1cccc(OC)c1O)NCc1ccnc2ccccc12.I. The van der Waals surface area contributed by atoms with Gasteiger partial charge in [0, 0.05) is 30.2 Å². The van der Waals surface area contributed by atoms with Gasteiger partial charge in [0.15, 0.2) is 17.5 Å². The number of phenols is 1. The van der Waals surface area contributed by atoms with E-state index in [1.165, 1.54) is 7.11 Å². The fourth-order valence-electron chi connectivity index (χ4n) is 2.85. The second kappa shape index (κ2) is 10.7. The summed E-state index contributed by atoms with van der Waals surface area (Å²) in [6, 6.07) is 15.5. The van der Waals surface area contributed by atoms with E-state index < -0.39 is 0 Å². The van der Waals surface area contributed by atoms with Crippen molar-refractivity contribution in [1.82, 2.24) is 15.6 Å². The number of hydrogen-bond donors (Lipinski definition) is 3. The molecule has 0 spiro atoms. The van der Waals surface area contributed by atoms with Gasteiger partial charge in [-0.05, 0) is 30.7 Å². The first kappa shape index (κ1) is 21.7. The van der Waals surface area contributed by atoms with E-state index in [1.54, 1.807) is 6.07 Å². The van der Waals surface area contributed by atoms with Gasteiger partial charge in [0.2, 0.25) is 0 Å². The zero-order valence-electron chi connectivity index (χ0n) is 16.0. The standard InChI is InChI=1S/C21H24N4O2.HI/c1-3-22-21(25-14-16-7-6-10-19(27-2)20(16)26)24-13-15-11-12-23-18-9-5-4-8-17(15)18;/h4-12,26H,3,13-14H2,1-2H3,(H2,22,24,25);1H. The van der Waals surface area contributed by atoms with Gasteiger partial charge >= 0.3 is 0 Å². The number of methoxy groups -OCH3 is 1. The molecule has 0 bridgehead atoms. The van der Waals surface area contributed by atoms with Crippen LogP contribution in [-0.2, 0) is 13.1 Å². The van der Waals surface area contributed by atoms with Crippen molar-refractivity contribution in [2.24, 2.45) is 4.99 Å². The summed E-state index contributed by atoms with van der Waals surface area (Å²) in [5, 5.41) is 17.9. The molecule has 6 nitrogen and oxygen atoms in total. The van der Waals surface area contributed by atoms with E-state index in [0.29, 0.717) is 30.4 Å². The predicted molar refractivity (Wildman–Crippen MR) is 123 cm³/mol. The van der Waals surface area contributed by atoms with Crippen LogP contribution in [0.5, 0.6) is 11.5 Å². The van der Waals surface area contributed by atoms with E-state index in [-0.39, 0.29) is 29.7 Å². The van der Waals surface area contributed by atoms with Crippen LogP contribution in [0, 0.1) is 0 Å². The van der Waals surface area contributed by atoms with Crippen molar-refractivity contribution in [1.29, 1.82) is 0 Å². The molecule has 3 aromatic rings. The summed E-state index contributed by atoms with van der Waals surface area (Å²) < 4.78 is 5.15. The number of rotatable bonds is 6. The van der Waals surface area contributed by atoms with Crippen LogP contribution < -0.4 is 15.4 Å². The normalized spacial score (nSPS) is 11.0. The third-order valence-corrected chi connectivity index (χ3v) is 4.24. The molecular weight excluding hydrogens is 467 g/mol. The molecule has 28 heavy (non-hydrogen) atoms. The highest BCUT2D eigenvalue weighted by atomic mass is 127. The minimum absolute atomic E-state index is 0. The van der Waals surface area contributed by atoms with Gasteiger partial charge in [-0.3, -0.25) is 4.98 Å². The summed E-state index contributed by atoms with van der Waals surface area (Å²) in [6.07, 6.45) is 1.82. The first-order valence-corrected chi connectivity index (χ1v) is 8.92. The van der Waals surface area contributed by atoms with Crippen molar-refractivity contribution in [2.75, 3.05) is 13.7 Å². The van der Waals surface area contributed by atoms with Gasteiger partial charge in [-0.2, -0.15) is 0 Å². The van der Waals surface area contributed by atoms with Crippen LogP contribution in [0.2, 0.25) is 0 Å². The van der Waals surface area contributed by atoms with E-state index in [4.69, 9.17) is 4.74 Å². The molecule has 0 aliphatic carbocycles. The van der Waals surface area contributed by atoms with Crippen molar-refractivity contribution in [3.8, 4) is 11.5 Å². The largest absolute Gasteiger partial charge is 0.504 e. The summed E-state index contributed by atoms with van der Waals surface area (Å²) in [6.45, 7) is 3.73. The van der Waals surface area contributed by atoms with Crippen LogP contribution >= 0.6 is 24.0 Å². The Kier molecular flexibility index (Phi) is 8.31.